The molecule has 12 heteroatoms. The van der Waals surface area contributed by atoms with Crippen LogP contribution in [-0.4, -0.2) is 122 Å². The largest absolute Gasteiger partial charge is 0.394 e. The Balaban J connectivity index is 2.05. The van der Waals surface area contributed by atoms with Gasteiger partial charge in [-0.1, -0.05) is 12.8 Å². The molecule has 178 valence electrons. The van der Waals surface area contributed by atoms with Gasteiger partial charge in [-0.2, -0.15) is 0 Å². The summed E-state index contributed by atoms with van der Waals surface area (Å²) in [7, 11) is 0. The average Bonchev–Trinajstić information content (AvgIpc) is 2.74. The number of unbranched alkanes of at least 4 members (excludes halogenated alkanes) is 3. The molecular weight excluding hydrogens is 406 g/mol. The van der Waals surface area contributed by atoms with Crippen molar-refractivity contribution in [3.63, 3.8) is 0 Å². The minimum absolute atomic E-state index is 0.000928. The van der Waals surface area contributed by atoms with Crippen LogP contribution >= 0.6 is 0 Å². The van der Waals surface area contributed by atoms with E-state index in [0.29, 0.717) is 13.0 Å². The number of rotatable bonds is 10. The molecule has 2 rings (SSSR count). The van der Waals surface area contributed by atoms with Crippen molar-refractivity contribution in [3.05, 3.63) is 0 Å². The van der Waals surface area contributed by atoms with E-state index in [1.165, 1.54) is 0 Å². The van der Waals surface area contributed by atoms with Crippen LogP contribution in [0.25, 0.3) is 0 Å². The predicted molar refractivity (Wildman–Crippen MR) is 99.7 cm³/mol. The molecule has 2 fully saturated rings. The summed E-state index contributed by atoms with van der Waals surface area (Å²) in [5, 5.41) is 80.4. The average molecular weight is 441 g/mol. The third kappa shape index (κ3) is 5.65. The van der Waals surface area contributed by atoms with Crippen LogP contribution in [0.15, 0.2) is 0 Å². The zero-order valence-corrected chi connectivity index (χ0v) is 16.7. The molecule has 0 aromatic carbocycles. The van der Waals surface area contributed by atoms with Crippen LogP contribution < -0.4 is 5.73 Å². The van der Waals surface area contributed by atoms with Crippen molar-refractivity contribution in [2.45, 2.75) is 93.0 Å². The first kappa shape index (κ1) is 25.8. The summed E-state index contributed by atoms with van der Waals surface area (Å²) in [4.78, 5) is 0. The Morgan fingerprint density at radius 2 is 1.43 bits per heavy atom. The van der Waals surface area contributed by atoms with Crippen molar-refractivity contribution >= 4 is 0 Å². The maximum absolute atomic E-state index is 10.7. The van der Waals surface area contributed by atoms with Gasteiger partial charge in [0, 0.05) is 6.42 Å². The van der Waals surface area contributed by atoms with Crippen LogP contribution in [0.4, 0.5) is 0 Å². The standard InChI is InChI=1S/C18H35NO11/c19-6-4-2-1-3-5-18(27)16(26)14(25)15(10(8-21)30-18)29-17-13(24)12(23)11(22)9(7-20)28-17/h9-17,20-27H,1-8,19H2/t9-,10-,11+,12+,13-,14+,15-,16-,17+,18?/m1/s1. The Hall–Kier alpha value is -0.480. The van der Waals surface area contributed by atoms with Gasteiger partial charge in [-0.25, -0.2) is 0 Å². The Morgan fingerprint density at radius 3 is 2.03 bits per heavy atom. The van der Waals surface area contributed by atoms with Crippen LogP contribution in [0.1, 0.15) is 32.1 Å². The summed E-state index contributed by atoms with van der Waals surface area (Å²) in [5.41, 5.74) is 5.43. The van der Waals surface area contributed by atoms with E-state index in [-0.39, 0.29) is 6.42 Å². The molecule has 10 atom stereocenters. The topological polar surface area (TPSA) is 216 Å². The van der Waals surface area contributed by atoms with Gasteiger partial charge in [0.25, 0.3) is 0 Å². The van der Waals surface area contributed by atoms with Gasteiger partial charge in [-0.15, -0.1) is 0 Å². The fourth-order valence-electron chi connectivity index (χ4n) is 3.79. The SMILES string of the molecule is NCCCCCCC1(O)O[C@H](CO)[C@@H](O[C@@H]2O[C@H](CO)[C@H](O)[C@H](O)[C@H]2O)[C@H](O)[C@H]1O. The first-order valence-electron chi connectivity index (χ1n) is 10.2. The molecule has 10 N–H and O–H groups in total. The number of ether oxygens (including phenoxy) is 3. The van der Waals surface area contributed by atoms with Crippen LogP contribution in [0.3, 0.4) is 0 Å². The molecule has 2 heterocycles. The Morgan fingerprint density at radius 1 is 0.800 bits per heavy atom. The Bertz CT molecular complexity index is 511. The lowest BCUT2D eigenvalue weighted by atomic mass is 9.89. The monoisotopic (exact) mass is 441 g/mol. The molecule has 2 aliphatic rings. The van der Waals surface area contributed by atoms with Crippen molar-refractivity contribution < 1.29 is 55.1 Å². The van der Waals surface area contributed by atoms with E-state index in [0.717, 1.165) is 19.3 Å². The molecule has 0 radical (unpaired) electrons. The van der Waals surface area contributed by atoms with Crippen LogP contribution in [-0.2, 0) is 14.2 Å². The first-order valence-corrected chi connectivity index (χ1v) is 10.2. The van der Waals surface area contributed by atoms with Gasteiger partial charge in [0.2, 0.25) is 0 Å². The maximum atomic E-state index is 10.7. The van der Waals surface area contributed by atoms with E-state index in [1.54, 1.807) is 0 Å². The van der Waals surface area contributed by atoms with Gasteiger partial charge in [-0.05, 0) is 19.4 Å². The molecule has 0 aromatic rings. The van der Waals surface area contributed by atoms with Crippen molar-refractivity contribution in [1.29, 1.82) is 0 Å². The molecule has 0 amide bonds. The van der Waals surface area contributed by atoms with Gasteiger partial charge in [0.05, 0.1) is 13.2 Å². The van der Waals surface area contributed by atoms with E-state index in [4.69, 9.17) is 19.9 Å². The highest BCUT2D eigenvalue weighted by molar-refractivity contribution is 4.98. The van der Waals surface area contributed by atoms with E-state index in [1.807, 2.05) is 0 Å². The highest BCUT2D eigenvalue weighted by Crippen LogP contribution is 2.35. The summed E-state index contributed by atoms with van der Waals surface area (Å²) in [5.74, 6) is -2.12. The van der Waals surface area contributed by atoms with Gasteiger partial charge in [0.1, 0.15) is 48.8 Å². The molecule has 2 aliphatic heterocycles. The van der Waals surface area contributed by atoms with E-state index < -0.39 is 74.1 Å². The smallest absolute Gasteiger partial charge is 0.195 e. The zero-order valence-electron chi connectivity index (χ0n) is 16.7. The number of nitrogens with two attached hydrogens (primary N) is 1. The molecule has 0 bridgehead atoms. The van der Waals surface area contributed by atoms with Gasteiger partial charge in [0.15, 0.2) is 12.1 Å². The van der Waals surface area contributed by atoms with E-state index >= 15 is 0 Å². The third-order valence-electron chi connectivity index (χ3n) is 5.65. The first-order chi connectivity index (χ1) is 14.2. The van der Waals surface area contributed by atoms with Crippen molar-refractivity contribution in [2.24, 2.45) is 5.73 Å². The summed E-state index contributed by atoms with van der Waals surface area (Å²) >= 11 is 0. The van der Waals surface area contributed by atoms with Crippen molar-refractivity contribution in [2.75, 3.05) is 19.8 Å². The Labute approximate surface area is 174 Å². The van der Waals surface area contributed by atoms with Crippen LogP contribution in [0.5, 0.6) is 0 Å². The minimum atomic E-state index is -2.12. The molecule has 2 saturated heterocycles. The second kappa shape index (κ2) is 11.4. The molecule has 30 heavy (non-hydrogen) atoms. The molecule has 0 spiro atoms. The molecule has 0 saturated carbocycles. The van der Waals surface area contributed by atoms with Crippen molar-refractivity contribution in [1.82, 2.24) is 0 Å². The summed E-state index contributed by atoms with van der Waals surface area (Å²) in [6, 6.07) is 0. The second-order valence-corrected chi connectivity index (χ2v) is 7.87. The lowest BCUT2D eigenvalue weighted by Crippen LogP contribution is -2.68. The maximum Gasteiger partial charge on any atom is 0.195 e. The predicted octanol–water partition coefficient (Wildman–Crippen LogP) is -4.12. The number of aliphatic hydroxyl groups is 8. The Kier molecular flexibility index (Phi) is 9.80. The fourth-order valence-corrected chi connectivity index (χ4v) is 3.79. The minimum Gasteiger partial charge on any atom is -0.394 e. The van der Waals surface area contributed by atoms with Gasteiger partial charge in [-0.3, -0.25) is 0 Å². The van der Waals surface area contributed by atoms with Crippen LogP contribution in [0.2, 0.25) is 0 Å². The van der Waals surface area contributed by atoms with Crippen molar-refractivity contribution in [3.8, 4) is 0 Å². The zero-order chi connectivity index (χ0) is 22.5. The summed E-state index contributed by atoms with van der Waals surface area (Å²) in [6.07, 6.45) is -11.3. The summed E-state index contributed by atoms with van der Waals surface area (Å²) < 4.78 is 16.1. The number of hydrogen-bond donors (Lipinski definition) is 9. The van der Waals surface area contributed by atoms with Gasteiger partial charge < -0.3 is 60.8 Å². The molecule has 12 nitrogen and oxygen atoms in total. The normalized spacial score (nSPS) is 44.9. The summed E-state index contributed by atoms with van der Waals surface area (Å²) in [6.45, 7) is -0.822. The molecule has 1 unspecified atom stereocenters. The second-order valence-electron chi connectivity index (χ2n) is 7.87. The molecular formula is C18H35NO11. The molecule has 0 aromatic heterocycles. The number of hydrogen-bond acceptors (Lipinski definition) is 12. The highest BCUT2D eigenvalue weighted by Gasteiger charge is 2.55. The van der Waals surface area contributed by atoms with E-state index in [2.05, 4.69) is 0 Å². The quantitative estimate of drug-likeness (QED) is 0.148. The van der Waals surface area contributed by atoms with Gasteiger partial charge >= 0.3 is 0 Å². The van der Waals surface area contributed by atoms with E-state index in [9.17, 15) is 40.9 Å². The fraction of sp³-hybridized carbons (Fsp3) is 1.00. The lowest BCUT2D eigenvalue weighted by molar-refractivity contribution is -0.384. The third-order valence-corrected chi connectivity index (χ3v) is 5.65. The lowest BCUT2D eigenvalue weighted by Gasteiger charge is -2.49. The van der Waals surface area contributed by atoms with Crippen LogP contribution in [0, 0.1) is 0 Å². The number of aliphatic hydroxyl groups excluding tert-OH is 7. The molecule has 0 aliphatic carbocycles. The highest BCUT2D eigenvalue weighted by atomic mass is 16.7.